The Kier molecular flexibility index (Phi) is 5.54. The summed E-state index contributed by atoms with van der Waals surface area (Å²) in [7, 11) is 0. The minimum absolute atomic E-state index is 0.206. The number of ether oxygens (including phenoxy) is 1. The van der Waals surface area contributed by atoms with E-state index in [4.69, 9.17) is 4.74 Å². The number of rotatable bonds is 6. The van der Waals surface area contributed by atoms with Crippen LogP contribution in [0.3, 0.4) is 0 Å². The number of likely N-dealkylation sites (tertiary alicyclic amines) is 1. The first-order chi connectivity index (χ1) is 7.13. The van der Waals surface area contributed by atoms with Crippen molar-refractivity contribution in [1.82, 2.24) is 4.90 Å². The Morgan fingerprint density at radius 2 is 2.20 bits per heavy atom. The van der Waals surface area contributed by atoms with Gasteiger partial charge in [0.25, 0.3) is 0 Å². The molecule has 1 fully saturated rings. The third kappa shape index (κ3) is 4.47. The van der Waals surface area contributed by atoms with Crippen molar-refractivity contribution in [3.05, 3.63) is 0 Å². The highest BCUT2D eigenvalue weighted by Crippen LogP contribution is 2.23. The molecule has 0 amide bonds. The van der Waals surface area contributed by atoms with Gasteiger partial charge in [0.2, 0.25) is 0 Å². The van der Waals surface area contributed by atoms with Gasteiger partial charge in [0.05, 0.1) is 19.4 Å². The molecule has 2 atom stereocenters. The van der Waals surface area contributed by atoms with E-state index >= 15 is 0 Å². The largest absolute Gasteiger partial charge is 0.377 e. The van der Waals surface area contributed by atoms with Crippen molar-refractivity contribution in [2.24, 2.45) is 5.92 Å². The van der Waals surface area contributed by atoms with Crippen LogP contribution in [0.15, 0.2) is 0 Å². The Morgan fingerprint density at radius 3 is 2.80 bits per heavy atom. The van der Waals surface area contributed by atoms with Gasteiger partial charge in [-0.2, -0.15) is 0 Å². The minimum atomic E-state index is -0.206. The first-order valence-corrected chi connectivity index (χ1v) is 6.05. The monoisotopic (exact) mass is 217 g/mol. The SMILES string of the molecule is CC1CC(COC(C)C)N(CCCF)C1. The summed E-state index contributed by atoms with van der Waals surface area (Å²) in [5.41, 5.74) is 0. The first-order valence-electron chi connectivity index (χ1n) is 6.05. The molecule has 1 aliphatic rings. The highest BCUT2D eigenvalue weighted by Gasteiger charge is 2.29. The van der Waals surface area contributed by atoms with Crippen molar-refractivity contribution in [3.8, 4) is 0 Å². The fraction of sp³-hybridized carbons (Fsp3) is 1.00. The molecule has 1 aliphatic heterocycles. The lowest BCUT2D eigenvalue weighted by Gasteiger charge is -2.24. The van der Waals surface area contributed by atoms with E-state index in [0.29, 0.717) is 18.6 Å². The summed E-state index contributed by atoms with van der Waals surface area (Å²) < 4.78 is 17.8. The van der Waals surface area contributed by atoms with Crippen LogP contribution in [0.25, 0.3) is 0 Å². The molecular weight excluding hydrogens is 193 g/mol. The molecule has 0 aliphatic carbocycles. The lowest BCUT2D eigenvalue weighted by atomic mass is 10.1. The highest BCUT2D eigenvalue weighted by atomic mass is 19.1. The number of nitrogens with zero attached hydrogens (tertiary/aromatic N) is 1. The third-order valence-electron chi connectivity index (χ3n) is 2.94. The van der Waals surface area contributed by atoms with Crippen molar-refractivity contribution in [2.75, 3.05) is 26.4 Å². The first kappa shape index (κ1) is 12.9. The summed E-state index contributed by atoms with van der Waals surface area (Å²) >= 11 is 0. The van der Waals surface area contributed by atoms with E-state index in [1.807, 2.05) is 0 Å². The summed E-state index contributed by atoms with van der Waals surface area (Å²) in [6, 6.07) is 0.508. The fourth-order valence-corrected chi connectivity index (χ4v) is 2.25. The van der Waals surface area contributed by atoms with Gasteiger partial charge in [0, 0.05) is 19.1 Å². The Balaban J connectivity index is 2.31. The van der Waals surface area contributed by atoms with E-state index in [0.717, 1.165) is 25.6 Å². The number of hydrogen-bond donors (Lipinski definition) is 0. The van der Waals surface area contributed by atoms with Gasteiger partial charge in [-0.25, -0.2) is 0 Å². The van der Waals surface area contributed by atoms with Gasteiger partial charge in [-0.3, -0.25) is 9.29 Å². The van der Waals surface area contributed by atoms with Crippen molar-refractivity contribution >= 4 is 0 Å². The van der Waals surface area contributed by atoms with Crippen LogP contribution in [0.4, 0.5) is 4.39 Å². The second kappa shape index (κ2) is 6.44. The molecule has 1 rings (SSSR count). The van der Waals surface area contributed by atoms with Crippen LogP contribution in [-0.2, 0) is 4.74 Å². The molecule has 0 bridgehead atoms. The molecule has 3 heteroatoms. The third-order valence-corrected chi connectivity index (χ3v) is 2.94. The predicted octanol–water partition coefficient (Wildman–Crippen LogP) is 2.48. The topological polar surface area (TPSA) is 12.5 Å². The van der Waals surface area contributed by atoms with E-state index in [9.17, 15) is 4.39 Å². The number of halogens is 1. The Bertz CT molecular complexity index is 175. The Labute approximate surface area is 92.8 Å². The summed E-state index contributed by atoms with van der Waals surface area (Å²) in [6.07, 6.45) is 2.15. The zero-order chi connectivity index (χ0) is 11.3. The molecular formula is C12H24FNO. The summed E-state index contributed by atoms with van der Waals surface area (Å²) in [6.45, 7) is 8.96. The van der Waals surface area contributed by atoms with Gasteiger partial charge in [-0.05, 0) is 32.6 Å². The van der Waals surface area contributed by atoms with Gasteiger partial charge < -0.3 is 4.74 Å². The van der Waals surface area contributed by atoms with Crippen LogP contribution in [0.1, 0.15) is 33.6 Å². The van der Waals surface area contributed by atoms with Crippen LogP contribution in [-0.4, -0.2) is 43.4 Å². The van der Waals surface area contributed by atoms with Crippen molar-refractivity contribution in [3.63, 3.8) is 0 Å². The molecule has 90 valence electrons. The van der Waals surface area contributed by atoms with E-state index < -0.39 is 0 Å². The van der Waals surface area contributed by atoms with Gasteiger partial charge in [0.15, 0.2) is 0 Å². The lowest BCUT2D eigenvalue weighted by Crippen LogP contribution is -2.35. The maximum Gasteiger partial charge on any atom is 0.0906 e. The average Bonchev–Trinajstić information content (AvgIpc) is 2.52. The molecule has 15 heavy (non-hydrogen) atoms. The number of hydrogen-bond acceptors (Lipinski definition) is 2. The minimum Gasteiger partial charge on any atom is -0.377 e. The second-order valence-electron chi connectivity index (χ2n) is 4.91. The van der Waals surface area contributed by atoms with Crippen LogP contribution < -0.4 is 0 Å². The van der Waals surface area contributed by atoms with Crippen LogP contribution in [0, 0.1) is 5.92 Å². The van der Waals surface area contributed by atoms with E-state index in [1.54, 1.807) is 0 Å². The zero-order valence-electron chi connectivity index (χ0n) is 10.2. The number of alkyl halides is 1. The van der Waals surface area contributed by atoms with E-state index in [-0.39, 0.29) is 6.67 Å². The smallest absolute Gasteiger partial charge is 0.0906 e. The maximum atomic E-state index is 12.1. The van der Waals surface area contributed by atoms with Gasteiger partial charge in [-0.1, -0.05) is 6.92 Å². The lowest BCUT2D eigenvalue weighted by molar-refractivity contribution is 0.0367. The molecule has 0 aromatic heterocycles. The molecule has 0 aromatic carbocycles. The normalized spacial score (nSPS) is 27.8. The molecule has 2 nitrogen and oxygen atoms in total. The van der Waals surface area contributed by atoms with Crippen molar-refractivity contribution in [2.45, 2.75) is 45.8 Å². The highest BCUT2D eigenvalue weighted by molar-refractivity contribution is 4.83. The summed E-state index contributed by atoms with van der Waals surface area (Å²) in [5, 5.41) is 0. The van der Waals surface area contributed by atoms with Gasteiger partial charge in [0.1, 0.15) is 0 Å². The maximum absolute atomic E-state index is 12.1. The van der Waals surface area contributed by atoms with Gasteiger partial charge in [-0.15, -0.1) is 0 Å². The standard InChI is InChI=1S/C12H24FNO/c1-10(2)15-9-12-7-11(3)8-14(12)6-4-5-13/h10-12H,4-9H2,1-3H3. The molecule has 0 aromatic rings. The summed E-state index contributed by atoms with van der Waals surface area (Å²) in [4.78, 5) is 2.38. The predicted molar refractivity (Wildman–Crippen MR) is 60.8 cm³/mol. The van der Waals surface area contributed by atoms with Crippen LogP contribution in [0.5, 0.6) is 0 Å². The quantitative estimate of drug-likeness (QED) is 0.677. The van der Waals surface area contributed by atoms with E-state index in [2.05, 4.69) is 25.7 Å². The van der Waals surface area contributed by atoms with Crippen molar-refractivity contribution in [1.29, 1.82) is 0 Å². The molecule has 1 saturated heterocycles. The van der Waals surface area contributed by atoms with Gasteiger partial charge >= 0.3 is 0 Å². The van der Waals surface area contributed by atoms with Crippen LogP contribution in [0.2, 0.25) is 0 Å². The average molecular weight is 217 g/mol. The molecule has 0 radical (unpaired) electrons. The van der Waals surface area contributed by atoms with Crippen molar-refractivity contribution < 1.29 is 9.13 Å². The Hall–Kier alpha value is -0.150. The van der Waals surface area contributed by atoms with E-state index in [1.165, 1.54) is 6.42 Å². The summed E-state index contributed by atoms with van der Waals surface area (Å²) in [5.74, 6) is 0.727. The van der Waals surface area contributed by atoms with Crippen LogP contribution >= 0.6 is 0 Å². The molecule has 1 heterocycles. The molecule has 0 spiro atoms. The molecule has 0 saturated carbocycles. The molecule has 2 unspecified atom stereocenters. The fourth-order valence-electron chi connectivity index (χ4n) is 2.25. The molecule has 0 N–H and O–H groups in total. The Morgan fingerprint density at radius 1 is 1.47 bits per heavy atom. The zero-order valence-corrected chi connectivity index (χ0v) is 10.2. The second-order valence-corrected chi connectivity index (χ2v) is 4.91.